The van der Waals surface area contributed by atoms with Gasteiger partial charge in [0, 0.05) is 6.54 Å². The molecule has 1 atom stereocenters. The Hall–Kier alpha value is -3.19. The number of halogens is 1. The van der Waals surface area contributed by atoms with E-state index in [0.717, 1.165) is 22.0 Å². The largest absolute Gasteiger partial charge is 0.354 e. The topological polar surface area (TPSA) is 66.5 Å². The van der Waals surface area contributed by atoms with Gasteiger partial charge in [0.15, 0.2) is 0 Å². The minimum Gasteiger partial charge on any atom is -0.354 e. The number of nitrogens with one attached hydrogen (secondary N) is 1. The van der Waals surface area contributed by atoms with Crippen molar-refractivity contribution in [2.75, 3.05) is 17.4 Å². The average molecular weight is 427 g/mol. The van der Waals surface area contributed by atoms with Crippen LogP contribution in [0.15, 0.2) is 89.8 Å². The summed E-state index contributed by atoms with van der Waals surface area (Å²) in [4.78, 5) is 12.7. The van der Waals surface area contributed by atoms with Gasteiger partial charge in [-0.2, -0.15) is 0 Å². The van der Waals surface area contributed by atoms with E-state index in [4.69, 9.17) is 0 Å². The van der Waals surface area contributed by atoms with Gasteiger partial charge in [0.2, 0.25) is 5.91 Å². The van der Waals surface area contributed by atoms with E-state index in [2.05, 4.69) is 5.32 Å². The third-order valence-electron chi connectivity index (χ3n) is 4.71. The Labute approximate surface area is 176 Å². The first-order chi connectivity index (χ1) is 14.4. The molecule has 0 aliphatic heterocycles. The van der Waals surface area contributed by atoms with E-state index in [1.807, 2.05) is 37.3 Å². The Bertz CT molecular complexity index is 1070. The van der Waals surface area contributed by atoms with E-state index in [1.54, 1.807) is 18.2 Å². The quantitative estimate of drug-likeness (QED) is 0.593. The minimum atomic E-state index is -4.00. The first kappa shape index (κ1) is 21.5. The Morgan fingerprint density at radius 2 is 1.50 bits per heavy atom. The summed E-state index contributed by atoms with van der Waals surface area (Å²) in [5.41, 5.74) is 1.29. The smallest absolute Gasteiger partial charge is 0.264 e. The predicted molar refractivity (Wildman–Crippen MR) is 115 cm³/mol. The summed E-state index contributed by atoms with van der Waals surface area (Å²) in [6.45, 7) is 1.93. The molecule has 3 aromatic rings. The van der Waals surface area contributed by atoms with Gasteiger partial charge >= 0.3 is 0 Å². The monoisotopic (exact) mass is 426 g/mol. The van der Waals surface area contributed by atoms with E-state index in [1.165, 1.54) is 24.3 Å². The summed E-state index contributed by atoms with van der Waals surface area (Å²) >= 11 is 0. The van der Waals surface area contributed by atoms with Crippen molar-refractivity contribution in [3.8, 4) is 0 Å². The molecule has 0 heterocycles. The van der Waals surface area contributed by atoms with Crippen LogP contribution in [0, 0.1) is 5.82 Å². The fourth-order valence-electron chi connectivity index (χ4n) is 2.99. The Morgan fingerprint density at radius 3 is 2.10 bits per heavy atom. The number of hydrogen-bond donors (Lipinski definition) is 1. The number of carbonyl (C=O) groups excluding carboxylic acids is 1. The molecule has 3 rings (SSSR count). The van der Waals surface area contributed by atoms with Gasteiger partial charge in [0.05, 0.1) is 10.6 Å². The van der Waals surface area contributed by atoms with Gasteiger partial charge in [0.25, 0.3) is 10.0 Å². The molecule has 30 heavy (non-hydrogen) atoms. The summed E-state index contributed by atoms with van der Waals surface area (Å²) < 4.78 is 40.7. The number of hydrogen-bond acceptors (Lipinski definition) is 3. The number of carbonyl (C=O) groups is 1. The summed E-state index contributed by atoms with van der Waals surface area (Å²) in [6.07, 6.45) is 0. The molecule has 0 saturated carbocycles. The maximum absolute atomic E-state index is 13.4. The molecule has 7 heteroatoms. The van der Waals surface area contributed by atoms with E-state index in [9.17, 15) is 17.6 Å². The van der Waals surface area contributed by atoms with Crippen LogP contribution in [0.2, 0.25) is 0 Å². The molecule has 0 aromatic heterocycles. The molecule has 0 aliphatic rings. The maximum Gasteiger partial charge on any atom is 0.264 e. The summed E-state index contributed by atoms with van der Waals surface area (Å²) in [7, 11) is -4.00. The molecule has 0 radical (unpaired) electrons. The molecule has 0 bridgehead atoms. The Morgan fingerprint density at radius 1 is 0.933 bits per heavy atom. The Balaban J connectivity index is 1.79. The SMILES string of the molecule is C[C@@H](CNC(=O)CN(c1ccc(F)cc1)S(=O)(=O)c1ccccc1)c1ccccc1. The van der Waals surface area contributed by atoms with Gasteiger partial charge in [0.1, 0.15) is 12.4 Å². The van der Waals surface area contributed by atoms with Gasteiger partial charge in [-0.25, -0.2) is 12.8 Å². The fraction of sp³-hybridized carbons (Fsp3) is 0.174. The van der Waals surface area contributed by atoms with Crippen LogP contribution in [0.1, 0.15) is 18.4 Å². The summed E-state index contributed by atoms with van der Waals surface area (Å²) in [6, 6.07) is 22.6. The van der Waals surface area contributed by atoms with Crippen molar-refractivity contribution in [1.82, 2.24) is 5.32 Å². The van der Waals surface area contributed by atoms with Crippen LogP contribution in [0.25, 0.3) is 0 Å². The molecule has 0 spiro atoms. The van der Waals surface area contributed by atoms with Gasteiger partial charge < -0.3 is 5.32 Å². The molecule has 0 saturated heterocycles. The first-order valence-electron chi connectivity index (χ1n) is 9.53. The Kier molecular flexibility index (Phi) is 6.84. The second-order valence-electron chi connectivity index (χ2n) is 6.92. The molecule has 1 N–H and O–H groups in total. The lowest BCUT2D eigenvalue weighted by atomic mass is 10.0. The van der Waals surface area contributed by atoms with Gasteiger partial charge in [-0.15, -0.1) is 0 Å². The summed E-state index contributed by atoms with van der Waals surface area (Å²) in [5.74, 6) is -0.862. The molecule has 0 aliphatic carbocycles. The van der Waals surface area contributed by atoms with Crippen molar-refractivity contribution < 1.29 is 17.6 Å². The third kappa shape index (κ3) is 5.24. The number of sulfonamides is 1. The van der Waals surface area contributed by atoms with Crippen LogP contribution in [-0.2, 0) is 14.8 Å². The molecule has 0 unspecified atom stereocenters. The van der Waals surface area contributed by atoms with Crippen LogP contribution in [0.4, 0.5) is 10.1 Å². The van der Waals surface area contributed by atoms with Gasteiger partial charge in [-0.1, -0.05) is 55.5 Å². The highest BCUT2D eigenvalue weighted by Crippen LogP contribution is 2.23. The van der Waals surface area contributed by atoms with Crippen molar-refractivity contribution in [2.24, 2.45) is 0 Å². The van der Waals surface area contributed by atoms with Crippen molar-refractivity contribution >= 4 is 21.6 Å². The molecule has 3 aromatic carbocycles. The second-order valence-corrected chi connectivity index (χ2v) is 8.78. The van der Waals surface area contributed by atoms with Crippen LogP contribution in [-0.4, -0.2) is 27.4 Å². The maximum atomic E-state index is 13.4. The molecular formula is C23H23FN2O3S. The second kappa shape index (κ2) is 9.54. The molecular weight excluding hydrogens is 403 g/mol. The fourth-order valence-corrected chi connectivity index (χ4v) is 4.44. The normalized spacial score (nSPS) is 12.2. The van der Waals surface area contributed by atoms with Crippen LogP contribution < -0.4 is 9.62 Å². The van der Waals surface area contributed by atoms with Gasteiger partial charge in [-0.3, -0.25) is 9.10 Å². The number of anilines is 1. The number of nitrogens with zero attached hydrogens (tertiary/aromatic N) is 1. The molecule has 0 fully saturated rings. The van der Waals surface area contributed by atoms with Crippen LogP contribution in [0.5, 0.6) is 0 Å². The highest BCUT2D eigenvalue weighted by molar-refractivity contribution is 7.92. The first-order valence-corrected chi connectivity index (χ1v) is 11.0. The van der Waals surface area contributed by atoms with Gasteiger partial charge in [-0.05, 0) is 47.9 Å². The molecule has 5 nitrogen and oxygen atoms in total. The van der Waals surface area contributed by atoms with Crippen LogP contribution >= 0.6 is 0 Å². The average Bonchev–Trinajstić information content (AvgIpc) is 2.77. The van der Waals surface area contributed by atoms with Crippen LogP contribution in [0.3, 0.4) is 0 Å². The summed E-state index contributed by atoms with van der Waals surface area (Å²) in [5, 5.41) is 2.80. The standard InChI is InChI=1S/C23H23FN2O3S/c1-18(19-8-4-2-5-9-19)16-25-23(27)17-26(21-14-12-20(24)13-15-21)30(28,29)22-10-6-3-7-11-22/h2-15,18H,16-17H2,1H3,(H,25,27)/t18-/m0/s1. The number of amides is 1. The van der Waals surface area contributed by atoms with Crippen molar-refractivity contribution in [3.05, 3.63) is 96.3 Å². The number of benzene rings is 3. The van der Waals surface area contributed by atoms with E-state index < -0.39 is 28.3 Å². The predicted octanol–water partition coefficient (Wildman–Crippen LogP) is 3.94. The van der Waals surface area contributed by atoms with E-state index in [-0.39, 0.29) is 16.5 Å². The van der Waals surface area contributed by atoms with Crippen molar-refractivity contribution in [3.63, 3.8) is 0 Å². The zero-order valence-corrected chi connectivity index (χ0v) is 17.3. The van der Waals surface area contributed by atoms with Crippen molar-refractivity contribution in [2.45, 2.75) is 17.7 Å². The van der Waals surface area contributed by atoms with Crippen molar-refractivity contribution in [1.29, 1.82) is 0 Å². The molecule has 156 valence electrons. The highest BCUT2D eigenvalue weighted by Gasteiger charge is 2.27. The lowest BCUT2D eigenvalue weighted by Crippen LogP contribution is -2.41. The zero-order chi connectivity index (χ0) is 21.6. The third-order valence-corrected chi connectivity index (χ3v) is 6.50. The lowest BCUT2D eigenvalue weighted by molar-refractivity contribution is -0.119. The zero-order valence-electron chi connectivity index (χ0n) is 16.5. The highest BCUT2D eigenvalue weighted by atomic mass is 32.2. The van der Waals surface area contributed by atoms with E-state index in [0.29, 0.717) is 6.54 Å². The lowest BCUT2D eigenvalue weighted by Gasteiger charge is -2.24. The number of rotatable bonds is 8. The molecule has 1 amide bonds. The minimum absolute atomic E-state index is 0.0554. The van der Waals surface area contributed by atoms with E-state index >= 15 is 0 Å².